The Morgan fingerprint density at radius 1 is 1.32 bits per heavy atom. The van der Waals surface area contributed by atoms with Gasteiger partial charge in [0, 0.05) is 11.9 Å². The molecule has 0 fully saturated rings. The van der Waals surface area contributed by atoms with E-state index in [1.54, 1.807) is 13.0 Å². The summed E-state index contributed by atoms with van der Waals surface area (Å²) in [6.45, 7) is 2.94. The summed E-state index contributed by atoms with van der Waals surface area (Å²) in [5.74, 6) is -3.14. The van der Waals surface area contributed by atoms with Gasteiger partial charge in [-0.15, -0.1) is 0 Å². The summed E-state index contributed by atoms with van der Waals surface area (Å²) in [6.07, 6.45) is 1.06. The highest BCUT2D eigenvalue weighted by molar-refractivity contribution is 7.90. The average molecular weight is 285 g/mol. The Labute approximate surface area is 111 Å². The Kier molecular flexibility index (Phi) is 4.31. The third kappa shape index (κ3) is 3.78. The van der Waals surface area contributed by atoms with Crippen molar-refractivity contribution in [1.82, 2.24) is 0 Å². The van der Waals surface area contributed by atoms with Crippen molar-refractivity contribution >= 4 is 27.4 Å². The second kappa shape index (κ2) is 5.40. The molecule has 2 N–H and O–H groups in total. The quantitative estimate of drug-likeness (QED) is 0.805. The van der Waals surface area contributed by atoms with Gasteiger partial charge in [0.1, 0.15) is 5.92 Å². The van der Waals surface area contributed by atoms with Crippen molar-refractivity contribution < 1.29 is 23.1 Å². The summed E-state index contributed by atoms with van der Waals surface area (Å²) in [7, 11) is -3.38. The number of carbonyl (C=O) groups is 2. The molecule has 1 rings (SSSR count). The van der Waals surface area contributed by atoms with E-state index in [1.165, 1.54) is 19.1 Å². The number of anilines is 1. The van der Waals surface area contributed by atoms with Crippen LogP contribution in [0.3, 0.4) is 0 Å². The molecule has 0 radical (unpaired) electrons. The van der Waals surface area contributed by atoms with E-state index in [0.717, 1.165) is 6.26 Å². The van der Waals surface area contributed by atoms with Crippen LogP contribution in [0.1, 0.15) is 12.5 Å². The van der Waals surface area contributed by atoms with Gasteiger partial charge in [-0.1, -0.05) is 6.07 Å². The van der Waals surface area contributed by atoms with Crippen LogP contribution in [0.4, 0.5) is 5.69 Å². The number of amides is 1. The second-order valence-electron chi connectivity index (χ2n) is 4.30. The monoisotopic (exact) mass is 285 g/mol. The van der Waals surface area contributed by atoms with E-state index < -0.39 is 27.6 Å². The van der Waals surface area contributed by atoms with Crippen LogP contribution in [-0.2, 0) is 19.4 Å². The lowest BCUT2D eigenvalue weighted by Crippen LogP contribution is -2.27. The number of benzene rings is 1. The summed E-state index contributed by atoms with van der Waals surface area (Å²) in [6, 6.07) is 4.30. The van der Waals surface area contributed by atoms with Crippen LogP contribution >= 0.6 is 0 Å². The van der Waals surface area contributed by atoms with Crippen molar-refractivity contribution in [2.45, 2.75) is 18.7 Å². The predicted molar refractivity (Wildman–Crippen MR) is 69.7 cm³/mol. The fourth-order valence-corrected chi connectivity index (χ4v) is 1.97. The van der Waals surface area contributed by atoms with Gasteiger partial charge in [0.15, 0.2) is 9.84 Å². The molecule has 1 aromatic carbocycles. The van der Waals surface area contributed by atoms with Gasteiger partial charge in [-0.2, -0.15) is 0 Å². The molecule has 0 saturated heterocycles. The second-order valence-corrected chi connectivity index (χ2v) is 6.31. The van der Waals surface area contributed by atoms with Crippen molar-refractivity contribution in [2.75, 3.05) is 11.6 Å². The first-order valence-electron chi connectivity index (χ1n) is 5.47. The number of sulfone groups is 1. The number of rotatable bonds is 4. The first-order valence-corrected chi connectivity index (χ1v) is 7.36. The summed E-state index contributed by atoms with van der Waals surface area (Å²) in [4.78, 5) is 22.4. The van der Waals surface area contributed by atoms with Gasteiger partial charge >= 0.3 is 5.97 Å². The molecule has 0 aliphatic heterocycles. The Hall–Kier alpha value is -1.89. The third-order valence-corrected chi connectivity index (χ3v) is 3.77. The largest absolute Gasteiger partial charge is 0.481 e. The number of nitrogens with one attached hydrogen (secondary N) is 1. The highest BCUT2D eigenvalue weighted by Crippen LogP contribution is 2.20. The minimum Gasteiger partial charge on any atom is -0.481 e. The average Bonchev–Trinajstić information content (AvgIpc) is 2.29. The predicted octanol–water partition coefficient (Wildman–Crippen LogP) is 1.06. The van der Waals surface area contributed by atoms with Crippen molar-refractivity contribution in [3.05, 3.63) is 23.8 Å². The molecule has 0 aliphatic carbocycles. The maximum Gasteiger partial charge on any atom is 0.315 e. The van der Waals surface area contributed by atoms with Gasteiger partial charge < -0.3 is 10.4 Å². The Morgan fingerprint density at radius 3 is 2.37 bits per heavy atom. The number of hydrogen-bond acceptors (Lipinski definition) is 4. The maximum absolute atomic E-state index is 11.6. The molecule has 1 atom stereocenters. The van der Waals surface area contributed by atoms with E-state index in [0.29, 0.717) is 11.3 Å². The van der Waals surface area contributed by atoms with Crippen molar-refractivity contribution in [3.8, 4) is 0 Å². The van der Waals surface area contributed by atoms with Crippen molar-refractivity contribution in [2.24, 2.45) is 5.92 Å². The third-order valence-electron chi connectivity index (χ3n) is 2.66. The van der Waals surface area contributed by atoms with Gasteiger partial charge in [0.2, 0.25) is 5.91 Å². The molecule has 0 spiro atoms. The number of hydrogen-bond donors (Lipinski definition) is 2. The number of carboxylic acids is 1. The van der Waals surface area contributed by atoms with Crippen molar-refractivity contribution in [1.29, 1.82) is 0 Å². The molecular formula is C12H15NO5S. The van der Waals surface area contributed by atoms with Crippen LogP contribution in [0, 0.1) is 12.8 Å². The van der Waals surface area contributed by atoms with Crippen LogP contribution in [0.15, 0.2) is 23.1 Å². The lowest BCUT2D eigenvalue weighted by Gasteiger charge is -2.12. The fourth-order valence-electron chi connectivity index (χ4n) is 1.32. The van der Waals surface area contributed by atoms with E-state index in [9.17, 15) is 18.0 Å². The molecule has 6 nitrogen and oxygen atoms in total. The van der Waals surface area contributed by atoms with Gasteiger partial charge in [0.25, 0.3) is 0 Å². The van der Waals surface area contributed by atoms with E-state index in [4.69, 9.17) is 5.11 Å². The zero-order chi connectivity index (χ0) is 14.8. The van der Waals surface area contributed by atoms with Crippen LogP contribution in [0.5, 0.6) is 0 Å². The number of aliphatic carboxylic acids is 1. The first kappa shape index (κ1) is 15.2. The lowest BCUT2D eigenvalue weighted by atomic mass is 10.1. The van der Waals surface area contributed by atoms with Crippen molar-refractivity contribution in [3.63, 3.8) is 0 Å². The SMILES string of the molecule is Cc1ccc(S(C)(=O)=O)cc1NC(=O)C(C)C(=O)O. The van der Waals surface area contributed by atoms with Gasteiger partial charge in [-0.3, -0.25) is 9.59 Å². The fraction of sp³-hybridized carbons (Fsp3) is 0.333. The van der Waals surface area contributed by atoms with Gasteiger partial charge in [0.05, 0.1) is 4.90 Å². The molecule has 0 saturated carbocycles. The molecule has 0 bridgehead atoms. The van der Waals surface area contributed by atoms with Crippen LogP contribution in [0.25, 0.3) is 0 Å². The molecule has 1 amide bonds. The van der Waals surface area contributed by atoms with Crippen LogP contribution in [-0.4, -0.2) is 31.7 Å². The van der Waals surface area contributed by atoms with E-state index in [2.05, 4.69) is 5.32 Å². The molecule has 7 heteroatoms. The highest BCUT2D eigenvalue weighted by Gasteiger charge is 2.21. The topological polar surface area (TPSA) is 101 Å². The smallest absolute Gasteiger partial charge is 0.315 e. The van der Waals surface area contributed by atoms with E-state index >= 15 is 0 Å². The Bertz CT molecular complexity index is 621. The normalized spacial score (nSPS) is 12.8. The minimum absolute atomic E-state index is 0.0661. The summed E-state index contributed by atoms with van der Waals surface area (Å²) in [5, 5.41) is 11.1. The molecule has 104 valence electrons. The number of aryl methyl sites for hydroxylation is 1. The highest BCUT2D eigenvalue weighted by atomic mass is 32.2. The number of carbonyl (C=O) groups excluding carboxylic acids is 1. The summed E-state index contributed by atoms with van der Waals surface area (Å²) >= 11 is 0. The van der Waals surface area contributed by atoms with Crippen LogP contribution in [0.2, 0.25) is 0 Å². The zero-order valence-corrected chi connectivity index (χ0v) is 11.6. The molecule has 0 heterocycles. The molecule has 0 aliphatic rings. The van der Waals surface area contributed by atoms with Crippen LogP contribution < -0.4 is 5.32 Å². The standard InChI is InChI=1S/C12H15NO5S/c1-7-4-5-9(19(3,17)18)6-10(7)13-11(14)8(2)12(15)16/h4-6,8H,1-3H3,(H,13,14)(H,15,16). The maximum atomic E-state index is 11.6. The van der Waals surface area contributed by atoms with E-state index in [1.807, 2.05) is 0 Å². The molecule has 1 aromatic rings. The molecule has 1 unspecified atom stereocenters. The summed E-state index contributed by atoms with van der Waals surface area (Å²) < 4.78 is 22.8. The molecule has 0 aromatic heterocycles. The van der Waals surface area contributed by atoms with Gasteiger partial charge in [-0.05, 0) is 31.5 Å². The zero-order valence-electron chi connectivity index (χ0n) is 10.8. The summed E-state index contributed by atoms with van der Waals surface area (Å²) in [5.41, 5.74) is 0.944. The Balaban J connectivity index is 3.08. The Morgan fingerprint density at radius 2 is 1.89 bits per heavy atom. The lowest BCUT2D eigenvalue weighted by molar-refractivity contribution is -0.144. The van der Waals surface area contributed by atoms with Gasteiger partial charge in [-0.25, -0.2) is 8.42 Å². The number of carboxylic acid groups (broad SMARTS) is 1. The molecule has 19 heavy (non-hydrogen) atoms. The molecular weight excluding hydrogens is 270 g/mol. The van der Waals surface area contributed by atoms with E-state index in [-0.39, 0.29) is 4.90 Å². The first-order chi connectivity index (χ1) is 8.62. The minimum atomic E-state index is -3.38.